The predicted molar refractivity (Wildman–Crippen MR) is 116 cm³/mol. The molecule has 0 aliphatic carbocycles. The highest BCUT2D eigenvalue weighted by molar-refractivity contribution is 7.19. The van der Waals surface area contributed by atoms with E-state index in [4.69, 9.17) is 14.5 Å². The zero-order valence-electron chi connectivity index (χ0n) is 17.7. The molecule has 160 valence electrons. The molecule has 0 spiro atoms. The van der Waals surface area contributed by atoms with E-state index in [1.807, 2.05) is 6.92 Å². The summed E-state index contributed by atoms with van der Waals surface area (Å²) in [7, 11) is 1.57. The first-order chi connectivity index (χ1) is 14.2. The molecule has 0 aliphatic rings. The first kappa shape index (κ1) is 22.1. The standard InChI is InChI=1S/C22H25FN2O4S/c1-6-29-21(27)22(3,4)25-16(11-12-28-5)24-19-18(20(25)26)17(13(2)30-19)14-7-9-15(23)10-8-14/h7-10H,6,11-12H2,1-5H3. The number of hydrogen-bond donors (Lipinski definition) is 0. The molecule has 0 fully saturated rings. The lowest BCUT2D eigenvalue weighted by molar-refractivity contribution is -0.152. The molecule has 6 nitrogen and oxygen atoms in total. The molecular formula is C22H25FN2O4S. The number of aryl methyl sites for hydroxylation is 1. The van der Waals surface area contributed by atoms with Crippen LogP contribution in [0.25, 0.3) is 21.3 Å². The summed E-state index contributed by atoms with van der Waals surface area (Å²) in [6, 6.07) is 6.01. The molecule has 0 N–H and O–H groups in total. The van der Waals surface area contributed by atoms with Crippen molar-refractivity contribution in [3.63, 3.8) is 0 Å². The fraction of sp³-hybridized carbons (Fsp3) is 0.409. The molecule has 1 aromatic carbocycles. The molecule has 0 saturated carbocycles. The van der Waals surface area contributed by atoms with Gasteiger partial charge in [-0.25, -0.2) is 14.2 Å². The number of halogens is 1. The molecule has 0 bridgehead atoms. The monoisotopic (exact) mass is 432 g/mol. The lowest BCUT2D eigenvalue weighted by Crippen LogP contribution is -2.46. The number of ether oxygens (including phenoxy) is 2. The predicted octanol–water partition coefficient (Wildman–Crippen LogP) is 4.06. The maximum atomic E-state index is 13.7. The third-order valence-electron chi connectivity index (χ3n) is 4.97. The third-order valence-corrected chi connectivity index (χ3v) is 5.97. The molecule has 0 atom stereocenters. The van der Waals surface area contributed by atoms with Crippen LogP contribution in [-0.4, -0.2) is 35.8 Å². The molecule has 0 saturated heterocycles. The van der Waals surface area contributed by atoms with Crippen LogP contribution >= 0.6 is 11.3 Å². The van der Waals surface area contributed by atoms with Gasteiger partial charge in [-0.15, -0.1) is 11.3 Å². The van der Waals surface area contributed by atoms with Gasteiger partial charge in [-0.1, -0.05) is 12.1 Å². The van der Waals surface area contributed by atoms with Gasteiger partial charge in [-0.05, 0) is 45.4 Å². The number of benzene rings is 1. The summed E-state index contributed by atoms with van der Waals surface area (Å²) in [5.74, 6) is -0.404. The summed E-state index contributed by atoms with van der Waals surface area (Å²) in [6.45, 7) is 7.48. The van der Waals surface area contributed by atoms with Gasteiger partial charge in [-0.2, -0.15) is 0 Å². The smallest absolute Gasteiger partial charge is 0.331 e. The molecule has 3 aromatic rings. The Kier molecular flexibility index (Phi) is 6.38. The highest BCUT2D eigenvalue weighted by Crippen LogP contribution is 2.36. The van der Waals surface area contributed by atoms with Crippen LogP contribution in [0.2, 0.25) is 0 Å². The topological polar surface area (TPSA) is 70.4 Å². The molecular weight excluding hydrogens is 407 g/mol. The molecule has 8 heteroatoms. The Balaban J connectivity index is 2.34. The van der Waals surface area contributed by atoms with Gasteiger partial charge in [0.15, 0.2) is 0 Å². The van der Waals surface area contributed by atoms with Crippen LogP contribution in [0.1, 0.15) is 31.5 Å². The van der Waals surface area contributed by atoms with Crippen molar-refractivity contribution in [3.05, 3.63) is 51.1 Å². The first-order valence-corrected chi connectivity index (χ1v) is 10.5. The van der Waals surface area contributed by atoms with Gasteiger partial charge in [0.25, 0.3) is 5.56 Å². The van der Waals surface area contributed by atoms with Crippen LogP contribution in [0.4, 0.5) is 4.39 Å². The minimum atomic E-state index is -1.26. The quantitative estimate of drug-likeness (QED) is 0.527. The van der Waals surface area contributed by atoms with Gasteiger partial charge in [0.1, 0.15) is 22.0 Å². The Hall–Kier alpha value is -2.58. The number of carbonyl (C=O) groups excluding carboxylic acids is 1. The van der Waals surface area contributed by atoms with Crippen LogP contribution in [-0.2, 0) is 26.2 Å². The molecule has 0 unspecified atom stereocenters. The Morgan fingerprint density at radius 2 is 1.93 bits per heavy atom. The van der Waals surface area contributed by atoms with Gasteiger partial charge in [-0.3, -0.25) is 9.36 Å². The van der Waals surface area contributed by atoms with Crippen molar-refractivity contribution in [2.24, 2.45) is 0 Å². The summed E-state index contributed by atoms with van der Waals surface area (Å²) in [5.41, 5.74) is -0.149. The number of aromatic nitrogens is 2. The normalized spacial score (nSPS) is 11.8. The number of esters is 1. The van der Waals surface area contributed by atoms with E-state index in [2.05, 4.69) is 0 Å². The van der Waals surface area contributed by atoms with E-state index in [1.54, 1.807) is 40.0 Å². The van der Waals surface area contributed by atoms with Crippen LogP contribution in [0.3, 0.4) is 0 Å². The lowest BCUT2D eigenvalue weighted by Gasteiger charge is -2.27. The summed E-state index contributed by atoms with van der Waals surface area (Å²) in [6.07, 6.45) is 0.368. The molecule has 30 heavy (non-hydrogen) atoms. The van der Waals surface area contributed by atoms with Crippen LogP contribution < -0.4 is 5.56 Å². The van der Waals surface area contributed by atoms with E-state index in [-0.39, 0.29) is 18.0 Å². The zero-order chi connectivity index (χ0) is 22.1. The summed E-state index contributed by atoms with van der Waals surface area (Å²) >= 11 is 1.40. The third kappa shape index (κ3) is 3.89. The molecule has 2 aromatic heterocycles. The Bertz CT molecular complexity index is 1130. The Labute approximate surface area is 178 Å². The van der Waals surface area contributed by atoms with Crippen LogP contribution in [0.5, 0.6) is 0 Å². The average molecular weight is 433 g/mol. The van der Waals surface area contributed by atoms with Crippen LogP contribution in [0, 0.1) is 12.7 Å². The number of thiophene rings is 1. The van der Waals surface area contributed by atoms with E-state index < -0.39 is 11.5 Å². The van der Waals surface area contributed by atoms with E-state index in [0.717, 1.165) is 10.4 Å². The number of rotatable bonds is 7. The number of nitrogens with zero attached hydrogens (tertiary/aromatic N) is 2. The van der Waals surface area contributed by atoms with Crippen molar-refractivity contribution < 1.29 is 18.7 Å². The Morgan fingerprint density at radius 3 is 2.53 bits per heavy atom. The number of carbonyl (C=O) groups is 1. The molecule has 0 amide bonds. The van der Waals surface area contributed by atoms with Crippen molar-refractivity contribution in [2.45, 2.75) is 39.7 Å². The van der Waals surface area contributed by atoms with Gasteiger partial charge in [0.2, 0.25) is 0 Å². The van der Waals surface area contributed by atoms with E-state index in [1.165, 1.54) is 28.0 Å². The second kappa shape index (κ2) is 8.65. The summed E-state index contributed by atoms with van der Waals surface area (Å²) in [5, 5.41) is 0.419. The van der Waals surface area contributed by atoms with Crippen molar-refractivity contribution in [1.29, 1.82) is 0 Å². The Morgan fingerprint density at radius 1 is 1.27 bits per heavy atom. The van der Waals surface area contributed by atoms with Gasteiger partial charge < -0.3 is 9.47 Å². The number of fused-ring (bicyclic) bond motifs is 1. The second-order valence-corrected chi connectivity index (χ2v) is 8.61. The minimum Gasteiger partial charge on any atom is -0.464 e. The van der Waals surface area contributed by atoms with E-state index >= 15 is 0 Å². The summed E-state index contributed by atoms with van der Waals surface area (Å²) in [4.78, 5) is 32.6. The zero-order valence-corrected chi connectivity index (χ0v) is 18.6. The van der Waals surface area contributed by atoms with Crippen molar-refractivity contribution in [3.8, 4) is 11.1 Å². The first-order valence-electron chi connectivity index (χ1n) is 9.70. The van der Waals surface area contributed by atoms with Gasteiger partial charge in [0.05, 0.1) is 18.6 Å². The van der Waals surface area contributed by atoms with Gasteiger partial charge in [0, 0.05) is 24.0 Å². The SMILES string of the molecule is CCOC(=O)C(C)(C)n1c(CCOC)nc2sc(C)c(-c3ccc(F)cc3)c2c1=O. The lowest BCUT2D eigenvalue weighted by atomic mass is 10.0. The number of hydrogen-bond acceptors (Lipinski definition) is 6. The van der Waals surface area contributed by atoms with Crippen molar-refractivity contribution in [2.75, 3.05) is 20.3 Å². The van der Waals surface area contributed by atoms with Crippen molar-refractivity contribution in [1.82, 2.24) is 9.55 Å². The van der Waals surface area contributed by atoms with E-state index in [0.29, 0.717) is 34.6 Å². The van der Waals surface area contributed by atoms with Crippen molar-refractivity contribution >= 4 is 27.5 Å². The maximum Gasteiger partial charge on any atom is 0.331 e. The fourth-order valence-electron chi connectivity index (χ4n) is 3.50. The molecule has 0 aliphatic heterocycles. The highest BCUT2D eigenvalue weighted by Gasteiger charge is 2.36. The fourth-order valence-corrected chi connectivity index (χ4v) is 4.56. The second-order valence-electron chi connectivity index (χ2n) is 7.41. The van der Waals surface area contributed by atoms with Crippen LogP contribution in [0.15, 0.2) is 29.1 Å². The molecule has 3 rings (SSSR count). The largest absolute Gasteiger partial charge is 0.464 e. The highest BCUT2D eigenvalue weighted by atomic mass is 32.1. The summed E-state index contributed by atoms with van der Waals surface area (Å²) < 4.78 is 25.2. The average Bonchev–Trinajstić information content (AvgIpc) is 3.03. The number of methoxy groups -OCH3 is 1. The molecule has 2 heterocycles. The minimum absolute atomic E-state index is 0.207. The molecule has 0 radical (unpaired) electrons. The van der Waals surface area contributed by atoms with E-state index in [9.17, 15) is 14.0 Å². The van der Waals surface area contributed by atoms with Gasteiger partial charge >= 0.3 is 5.97 Å². The maximum absolute atomic E-state index is 13.7.